The molecule has 0 aliphatic carbocycles. The van der Waals surface area contributed by atoms with E-state index < -0.39 is 0 Å². The van der Waals surface area contributed by atoms with E-state index in [2.05, 4.69) is 32.6 Å². The maximum Gasteiger partial charge on any atom is 0.180 e. The molecule has 2 unspecified atom stereocenters. The van der Waals surface area contributed by atoms with Crippen molar-refractivity contribution in [3.05, 3.63) is 29.8 Å². The summed E-state index contributed by atoms with van der Waals surface area (Å²) in [4.78, 5) is 12.0. The Morgan fingerprint density at radius 3 is 3.11 bits per heavy atom. The number of aromatic nitrogens is 3. The molecule has 0 saturated carbocycles. The minimum atomic E-state index is 0.515. The summed E-state index contributed by atoms with van der Waals surface area (Å²) in [7, 11) is 0. The van der Waals surface area contributed by atoms with Crippen molar-refractivity contribution >= 4 is 16.5 Å². The van der Waals surface area contributed by atoms with Crippen LogP contribution in [0.15, 0.2) is 24.9 Å². The van der Waals surface area contributed by atoms with Crippen LogP contribution in [0.4, 0.5) is 5.13 Å². The predicted molar refractivity (Wildman–Crippen MR) is 76.8 cm³/mol. The highest BCUT2D eigenvalue weighted by Gasteiger charge is 2.27. The molecule has 2 aromatic rings. The van der Waals surface area contributed by atoms with Crippen molar-refractivity contribution in [1.82, 2.24) is 19.4 Å². The summed E-state index contributed by atoms with van der Waals surface area (Å²) >= 11 is 1.59. The Balaban J connectivity index is 1.68. The van der Waals surface area contributed by atoms with Gasteiger partial charge in [0.2, 0.25) is 0 Å². The molecule has 1 saturated heterocycles. The predicted octanol–water partition coefficient (Wildman–Crippen LogP) is 2.00. The number of nitrogen functional groups attached to an aromatic ring is 1. The second-order valence-corrected chi connectivity index (χ2v) is 6.39. The van der Waals surface area contributed by atoms with Crippen LogP contribution in [0.2, 0.25) is 0 Å². The van der Waals surface area contributed by atoms with Gasteiger partial charge in [0.05, 0.1) is 6.33 Å². The summed E-state index contributed by atoms with van der Waals surface area (Å²) < 4.78 is 2.23. The zero-order valence-electron chi connectivity index (χ0n) is 11.1. The zero-order chi connectivity index (χ0) is 13.2. The fourth-order valence-corrected chi connectivity index (χ4v) is 3.45. The van der Waals surface area contributed by atoms with Crippen molar-refractivity contribution in [1.29, 1.82) is 0 Å². The first-order valence-electron chi connectivity index (χ1n) is 6.62. The topological polar surface area (TPSA) is 60.0 Å². The fourth-order valence-electron chi connectivity index (χ4n) is 2.73. The molecule has 19 heavy (non-hydrogen) atoms. The minimum Gasteiger partial charge on any atom is -0.375 e. The standard InChI is InChI=1S/C13H19N5S/c1-10-2-4-17(7-11-6-16-13(14)19-11)8-12(10)18-5-3-15-9-18/h3,5-6,9-10,12H,2,4,7-8H2,1H3,(H2,14,16). The normalized spacial score (nSPS) is 24.7. The first-order valence-corrected chi connectivity index (χ1v) is 7.44. The van der Waals surface area contributed by atoms with Crippen LogP contribution in [-0.4, -0.2) is 32.5 Å². The van der Waals surface area contributed by atoms with Gasteiger partial charge in [-0.2, -0.15) is 0 Å². The molecule has 0 bridgehead atoms. The van der Waals surface area contributed by atoms with Crippen molar-refractivity contribution in [3.8, 4) is 0 Å². The molecular formula is C13H19N5S. The van der Waals surface area contributed by atoms with E-state index in [1.54, 1.807) is 11.3 Å². The Morgan fingerprint density at radius 2 is 2.42 bits per heavy atom. The number of anilines is 1. The van der Waals surface area contributed by atoms with Crippen LogP contribution in [0.5, 0.6) is 0 Å². The molecular weight excluding hydrogens is 258 g/mol. The summed E-state index contributed by atoms with van der Waals surface area (Å²) in [5, 5.41) is 0.659. The van der Waals surface area contributed by atoms with Gasteiger partial charge in [-0.05, 0) is 18.9 Å². The van der Waals surface area contributed by atoms with Crippen LogP contribution in [-0.2, 0) is 6.54 Å². The average Bonchev–Trinajstić information content (AvgIpc) is 3.03. The van der Waals surface area contributed by atoms with Crippen LogP contribution in [0.3, 0.4) is 0 Å². The number of hydrogen-bond donors (Lipinski definition) is 1. The van der Waals surface area contributed by atoms with Gasteiger partial charge in [0.1, 0.15) is 0 Å². The lowest BCUT2D eigenvalue weighted by Crippen LogP contribution is -2.39. The monoisotopic (exact) mass is 277 g/mol. The Kier molecular flexibility index (Phi) is 3.52. The molecule has 1 fully saturated rings. The maximum atomic E-state index is 5.69. The van der Waals surface area contributed by atoms with Gasteiger partial charge in [-0.25, -0.2) is 9.97 Å². The summed E-state index contributed by atoms with van der Waals surface area (Å²) in [5.74, 6) is 0.692. The third-order valence-corrected chi connectivity index (χ3v) is 4.67. The quantitative estimate of drug-likeness (QED) is 0.932. The number of likely N-dealkylation sites (tertiary alicyclic amines) is 1. The third kappa shape index (κ3) is 2.79. The highest BCUT2D eigenvalue weighted by molar-refractivity contribution is 7.15. The van der Waals surface area contributed by atoms with E-state index >= 15 is 0 Å². The highest BCUT2D eigenvalue weighted by Crippen LogP contribution is 2.29. The molecule has 1 aliphatic heterocycles. The molecule has 0 spiro atoms. The van der Waals surface area contributed by atoms with E-state index in [1.807, 2.05) is 18.7 Å². The van der Waals surface area contributed by atoms with Crippen LogP contribution in [0.1, 0.15) is 24.3 Å². The maximum absolute atomic E-state index is 5.69. The molecule has 5 nitrogen and oxygen atoms in total. The zero-order valence-corrected chi connectivity index (χ0v) is 11.9. The van der Waals surface area contributed by atoms with Crippen molar-refractivity contribution in [2.45, 2.75) is 25.9 Å². The molecule has 0 aromatic carbocycles. The summed E-state index contributed by atoms with van der Waals surface area (Å²) in [5.41, 5.74) is 5.69. The number of imidazole rings is 1. The van der Waals surface area contributed by atoms with Crippen LogP contribution >= 0.6 is 11.3 Å². The van der Waals surface area contributed by atoms with Gasteiger partial charge < -0.3 is 10.3 Å². The van der Waals surface area contributed by atoms with E-state index in [1.165, 1.54) is 11.3 Å². The summed E-state index contributed by atoms with van der Waals surface area (Å²) in [6.45, 7) is 5.49. The Bertz CT molecular complexity index is 521. The lowest BCUT2D eigenvalue weighted by atomic mass is 9.93. The van der Waals surface area contributed by atoms with Crippen molar-refractivity contribution in [3.63, 3.8) is 0 Å². The molecule has 2 atom stereocenters. The number of nitrogens with two attached hydrogens (primary N) is 1. The van der Waals surface area contributed by atoms with Gasteiger partial charge in [-0.1, -0.05) is 6.92 Å². The van der Waals surface area contributed by atoms with Crippen LogP contribution in [0, 0.1) is 5.92 Å². The number of rotatable bonds is 3. The van der Waals surface area contributed by atoms with Crippen LogP contribution in [0.25, 0.3) is 0 Å². The Morgan fingerprint density at radius 1 is 1.53 bits per heavy atom. The largest absolute Gasteiger partial charge is 0.375 e. The highest BCUT2D eigenvalue weighted by atomic mass is 32.1. The van der Waals surface area contributed by atoms with Gasteiger partial charge in [0.15, 0.2) is 5.13 Å². The molecule has 3 rings (SSSR count). The Hall–Kier alpha value is -1.40. The van der Waals surface area contributed by atoms with Crippen molar-refractivity contribution in [2.75, 3.05) is 18.8 Å². The molecule has 0 radical (unpaired) electrons. The second-order valence-electron chi connectivity index (χ2n) is 5.24. The van der Waals surface area contributed by atoms with Gasteiger partial charge in [0, 0.05) is 42.6 Å². The first kappa shape index (κ1) is 12.6. The number of piperidine rings is 1. The third-order valence-electron chi connectivity index (χ3n) is 3.86. The second kappa shape index (κ2) is 5.30. The summed E-state index contributed by atoms with van der Waals surface area (Å²) in [6, 6.07) is 0.515. The van der Waals surface area contributed by atoms with E-state index in [4.69, 9.17) is 5.73 Å². The molecule has 2 aromatic heterocycles. The average molecular weight is 277 g/mol. The SMILES string of the molecule is CC1CCN(Cc2cnc(N)s2)CC1n1ccnc1. The van der Waals surface area contributed by atoms with E-state index in [0.717, 1.165) is 19.6 Å². The fraction of sp³-hybridized carbons (Fsp3) is 0.538. The van der Waals surface area contributed by atoms with Gasteiger partial charge >= 0.3 is 0 Å². The molecule has 1 aliphatic rings. The summed E-state index contributed by atoms with van der Waals surface area (Å²) in [6.07, 6.45) is 8.96. The van der Waals surface area contributed by atoms with E-state index in [0.29, 0.717) is 17.1 Å². The lowest BCUT2D eigenvalue weighted by molar-refractivity contribution is 0.127. The smallest absolute Gasteiger partial charge is 0.180 e. The number of nitrogens with zero attached hydrogens (tertiary/aromatic N) is 4. The van der Waals surface area contributed by atoms with Crippen molar-refractivity contribution < 1.29 is 0 Å². The van der Waals surface area contributed by atoms with Gasteiger partial charge in [-0.15, -0.1) is 11.3 Å². The first-order chi connectivity index (χ1) is 9.22. The van der Waals surface area contributed by atoms with E-state index in [-0.39, 0.29) is 0 Å². The van der Waals surface area contributed by atoms with Crippen LogP contribution < -0.4 is 5.73 Å². The van der Waals surface area contributed by atoms with Gasteiger partial charge in [-0.3, -0.25) is 4.90 Å². The van der Waals surface area contributed by atoms with E-state index in [9.17, 15) is 0 Å². The van der Waals surface area contributed by atoms with Gasteiger partial charge in [0.25, 0.3) is 0 Å². The number of thiazole rings is 1. The molecule has 6 heteroatoms. The lowest BCUT2D eigenvalue weighted by Gasteiger charge is -2.37. The van der Waals surface area contributed by atoms with Crippen molar-refractivity contribution in [2.24, 2.45) is 5.92 Å². The molecule has 0 amide bonds. The molecule has 102 valence electrons. The Labute approximate surface area is 117 Å². The minimum absolute atomic E-state index is 0.515. The number of hydrogen-bond acceptors (Lipinski definition) is 5. The molecule has 2 N–H and O–H groups in total. The molecule has 3 heterocycles.